The minimum atomic E-state index is -0.706. The Kier molecular flexibility index (Phi) is 12.0. The van der Waals surface area contributed by atoms with Gasteiger partial charge in [-0.3, -0.25) is 4.79 Å². The highest BCUT2D eigenvalue weighted by atomic mass is 127. The summed E-state index contributed by atoms with van der Waals surface area (Å²) in [6.07, 6.45) is -0.706. The first-order valence-corrected chi connectivity index (χ1v) is 8.90. The number of carbonyl (C=O) groups excluding carboxylic acids is 1. The van der Waals surface area contributed by atoms with Crippen molar-refractivity contribution < 1.29 is 14.6 Å². The zero-order valence-electron chi connectivity index (χ0n) is 16.8. The number of ether oxygens (including phenoxy) is 1. The molecular weight excluding hydrogens is 459 g/mol. The monoisotopic (exact) mass is 492 g/mol. The van der Waals surface area contributed by atoms with Crippen molar-refractivity contribution in [2.75, 3.05) is 26.2 Å². The molecule has 1 atom stereocenters. The van der Waals surface area contributed by atoms with Crippen LogP contribution in [-0.2, 0) is 4.79 Å². The molecule has 0 saturated carbocycles. The number of amides is 1. The van der Waals surface area contributed by atoms with Gasteiger partial charge in [-0.15, -0.1) is 24.0 Å². The number of benzene rings is 1. The zero-order valence-corrected chi connectivity index (χ0v) is 19.2. The molecule has 0 saturated heterocycles. The van der Waals surface area contributed by atoms with Crippen LogP contribution < -0.4 is 20.7 Å². The minimum absolute atomic E-state index is 0. The first-order valence-electron chi connectivity index (χ1n) is 8.90. The minimum Gasteiger partial charge on any atom is -0.491 e. The van der Waals surface area contributed by atoms with Gasteiger partial charge in [-0.25, -0.2) is 4.99 Å². The van der Waals surface area contributed by atoms with Gasteiger partial charge < -0.3 is 25.8 Å². The molecule has 0 aliphatic rings. The van der Waals surface area contributed by atoms with Gasteiger partial charge in [0.1, 0.15) is 25.0 Å². The van der Waals surface area contributed by atoms with E-state index in [0.717, 1.165) is 11.3 Å². The Morgan fingerprint density at radius 3 is 2.59 bits per heavy atom. The number of aliphatic imine (C=N–C) groups is 1. The summed E-state index contributed by atoms with van der Waals surface area (Å²) >= 11 is 0. The van der Waals surface area contributed by atoms with Crippen molar-refractivity contribution in [3.63, 3.8) is 0 Å². The van der Waals surface area contributed by atoms with Gasteiger partial charge in [0.05, 0.1) is 0 Å². The van der Waals surface area contributed by atoms with E-state index >= 15 is 0 Å². The van der Waals surface area contributed by atoms with Gasteiger partial charge in [0.25, 0.3) is 0 Å². The highest BCUT2D eigenvalue weighted by Gasteiger charge is 2.13. The Labute approximate surface area is 179 Å². The highest BCUT2D eigenvalue weighted by molar-refractivity contribution is 14.0. The number of carbonyl (C=O) groups is 1. The van der Waals surface area contributed by atoms with E-state index in [1.165, 1.54) is 0 Å². The summed E-state index contributed by atoms with van der Waals surface area (Å²) in [6, 6.07) is 7.67. The van der Waals surface area contributed by atoms with Crippen LogP contribution in [-0.4, -0.2) is 54.9 Å². The van der Waals surface area contributed by atoms with Crippen molar-refractivity contribution in [3.05, 3.63) is 29.8 Å². The largest absolute Gasteiger partial charge is 0.491 e. The quantitative estimate of drug-likeness (QED) is 0.252. The van der Waals surface area contributed by atoms with Crippen LogP contribution in [0.1, 0.15) is 33.3 Å². The molecule has 0 fully saturated rings. The molecule has 27 heavy (non-hydrogen) atoms. The van der Waals surface area contributed by atoms with E-state index in [2.05, 4.69) is 20.9 Å². The summed E-state index contributed by atoms with van der Waals surface area (Å²) in [5.74, 6) is 1.05. The number of guanidine groups is 1. The molecule has 1 aromatic rings. The molecule has 0 aromatic heterocycles. The van der Waals surface area contributed by atoms with Crippen molar-refractivity contribution in [2.24, 2.45) is 4.99 Å². The normalized spacial score (nSPS) is 12.6. The second-order valence-corrected chi connectivity index (χ2v) is 7.16. The molecule has 4 N–H and O–H groups in total. The number of rotatable bonds is 8. The van der Waals surface area contributed by atoms with Crippen LogP contribution in [0.15, 0.2) is 29.3 Å². The van der Waals surface area contributed by atoms with Gasteiger partial charge in [0.15, 0.2) is 5.96 Å². The highest BCUT2D eigenvalue weighted by Crippen LogP contribution is 2.12. The van der Waals surface area contributed by atoms with Crippen molar-refractivity contribution >= 4 is 35.8 Å². The lowest BCUT2D eigenvalue weighted by atomic mass is 10.1. The Hall–Kier alpha value is -1.55. The molecule has 7 nitrogen and oxygen atoms in total. The van der Waals surface area contributed by atoms with Crippen molar-refractivity contribution in [3.8, 4) is 5.75 Å². The van der Waals surface area contributed by atoms with E-state index in [4.69, 9.17) is 4.74 Å². The van der Waals surface area contributed by atoms with Gasteiger partial charge in [0, 0.05) is 18.6 Å². The summed E-state index contributed by atoms with van der Waals surface area (Å²) in [6.45, 7) is 10.8. The molecule has 1 amide bonds. The van der Waals surface area contributed by atoms with Crippen LogP contribution in [0.2, 0.25) is 0 Å². The predicted octanol–water partition coefficient (Wildman–Crippen LogP) is 1.82. The summed E-state index contributed by atoms with van der Waals surface area (Å²) < 4.78 is 5.58. The number of hydrogen-bond donors (Lipinski definition) is 4. The van der Waals surface area contributed by atoms with E-state index < -0.39 is 6.10 Å². The lowest BCUT2D eigenvalue weighted by Crippen LogP contribution is -2.44. The SMILES string of the molecule is CCNC(=NCC(=O)NC(C)(C)C)NCC(O)COc1cccc(C)c1.I. The van der Waals surface area contributed by atoms with Crippen LogP contribution in [0.4, 0.5) is 0 Å². The molecule has 0 aliphatic carbocycles. The number of aliphatic hydroxyl groups excluding tert-OH is 1. The second-order valence-electron chi connectivity index (χ2n) is 7.16. The number of nitrogens with one attached hydrogen (secondary N) is 3. The molecule has 8 heteroatoms. The van der Waals surface area contributed by atoms with Crippen LogP contribution >= 0.6 is 24.0 Å². The van der Waals surface area contributed by atoms with Gasteiger partial charge in [-0.1, -0.05) is 12.1 Å². The standard InChI is InChI=1S/C19H32N4O3.HI/c1-6-20-18(22-12-17(25)23-19(3,4)5)21-11-15(24)13-26-16-9-7-8-14(2)10-16;/h7-10,15,24H,6,11-13H2,1-5H3,(H,23,25)(H2,20,21,22);1H. The maximum atomic E-state index is 11.8. The third-order valence-electron chi connectivity index (χ3n) is 3.18. The van der Waals surface area contributed by atoms with Gasteiger partial charge in [-0.2, -0.15) is 0 Å². The molecule has 0 bridgehead atoms. The molecule has 154 valence electrons. The summed E-state index contributed by atoms with van der Waals surface area (Å²) in [5, 5.41) is 19.0. The maximum absolute atomic E-state index is 11.8. The molecule has 1 aromatic carbocycles. The van der Waals surface area contributed by atoms with Crippen molar-refractivity contribution in [1.29, 1.82) is 0 Å². The maximum Gasteiger partial charge on any atom is 0.242 e. The van der Waals surface area contributed by atoms with Gasteiger partial charge in [-0.05, 0) is 52.3 Å². The molecule has 1 rings (SSSR count). The fourth-order valence-electron chi connectivity index (χ4n) is 2.12. The van der Waals surface area contributed by atoms with Gasteiger partial charge >= 0.3 is 0 Å². The molecular formula is C19H33IN4O3. The summed E-state index contributed by atoms with van der Waals surface area (Å²) in [4.78, 5) is 16.1. The van der Waals surface area contributed by atoms with Crippen LogP contribution in [0, 0.1) is 6.92 Å². The van der Waals surface area contributed by atoms with E-state index in [1.54, 1.807) is 0 Å². The number of aliphatic hydroxyl groups is 1. The zero-order chi connectivity index (χ0) is 19.6. The molecule has 0 heterocycles. The Bertz CT molecular complexity index is 603. The van der Waals surface area contributed by atoms with Crippen LogP contribution in [0.3, 0.4) is 0 Å². The van der Waals surface area contributed by atoms with E-state index in [9.17, 15) is 9.90 Å². The Morgan fingerprint density at radius 1 is 1.30 bits per heavy atom. The second kappa shape index (κ2) is 12.8. The number of nitrogens with zero attached hydrogens (tertiary/aromatic N) is 1. The van der Waals surface area contributed by atoms with Crippen LogP contribution in [0.5, 0.6) is 5.75 Å². The first kappa shape index (κ1) is 25.4. The summed E-state index contributed by atoms with van der Waals surface area (Å²) in [5.41, 5.74) is 0.812. The number of hydrogen-bond acceptors (Lipinski definition) is 4. The lowest BCUT2D eigenvalue weighted by Gasteiger charge is -2.20. The topological polar surface area (TPSA) is 95.0 Å². The lowest BCUT2D eigenvalue weighted by molar-refractivity contribution is -0.121. The first-order chi connectivity index (χ1) is 12.2. The number of halogens is 1. The van der Waals surface area contributed by atoms with Crippen molar-refractivity contribution in [2.45, 2.75) is 46.3 Å². The Balaban J connectivity index is 0.00000676. The third kappa shape index (κ3) is 12.5. The van der Waals surface area contributed by atoms with Crippen molar-refractivity contribution in [1.82, 2.24) is 16.0 Å². The molecule has 0 radical (unpaired) electrons. The molecule has 0 aliphatic heterocycles. The average Bonchev–Trinajstić information content (AvgIpc) is 2.54. The molecule has 0 spiro atoms. The predicted molar refractivity (Wildman–Crippen MR) is 120 cm³/mol. The fourth-order valence-corrected chi connectivity index (χ4v) is 2.12. The third-order valence-corrected chi connectivity index (χ3v) is 3.18. The summed E-state index contributed by atoms with van der Waals surface area (Å²) in [7, 11) is 0. The van der Waals surface area contributed by atoms with Gasteiger partial charge in [0.2, 0.25) is 5.91 Å². The Morgan fingerprint density at radius 2 is 2.00 bits per heavy atom. The van der Waals surface area contributed by atoms with Crippen LogP contribution in [0.25, 0.3) is 0 Å². The fraction of sp³-hybridized carbons (Fsp3) is 0.579. The van der Waals surface area contributed by atoms with E-state index in [0.29, 0.717) is 12.5 Å². The average molecular weight is 492 g/mol. The van der Waals surface area contributed by atoms with E-state index in [1.807, 2.05) is 58.9 Å². The molecule has 1 unspecified atom stereocenters. The smallest absolute Gasteiger partial charge is 0.242 e. The van der Waals surface area contributed by atoms with E-state index in [-0.39, 0.29) is 55.1 Å². The number of aryl methyl sites for hydroxylation is 1.